The zero-order valence-corrected chi connectivity index (χ0v) is 12.1. The van der Waals surface area contributed by atoms with E-state index in [1.807, 2.05) is 0 Å². The van der Waals surface area contributed by atoms with Crippen molar-refractivity contribution in [3.8, 4) is 0 Å². The molecule has 1 aliphatic rings. The van der Waals surface area contributed by atoms with E-state index in [0.717, 1.165) is 31.4 Å². The molecule has 1 aliphatic carbocycles. The summed E-state index contributed by atoms with van der Waals surface area (Å²) in [5.74, 6) is -0.293. The highest BCUT2D eigenvalue weighted by molar-refractivity contribution is 6.36. The van der Waals surface area contributed by atoms with Gasteiger partial charge in [0.25, 0.3) is 5.91 Å². The molecule has 0 bridgehead atoms. The SMILES string of the molecule is O=C(NN=C1CCCCCC1)c1ccc(Cl)cc1Cl. The number of carbonyl (C=O) groups excluding carboxylic acids is 1. The van der Waals surface area contributed by atoms with Crippen molar-refractivity contribution in [2.24, 2.45) is 5.10 Å². The largest absolute Gasteiger partial charge is 0.272 e. The first-order valence-electron chi connectivity index (χ1n) is 6.47. The van der Waals surface area contributed by atoms with Crippen LogP contribution in [0.2, 0.25) is 10.0 Å². The summed E-state index contributed by atoms with van der Waals surface area (Å²) in [5, 5.41) is 5.06. The summed E-state index contributed by atoms with van der Waals surface area (Å²) in [5.41, 5.74) is 4.04. The number of hydrogen-bond acceptors (Lipinski definition) is 2. The molecule has 3 nitrogen and oxygen atoms in total. The van der Waals surface area contributed by atoms with Crippen molar-refractivity contribution in [3.63, 3.8) is 0 Å². The number of hydrazone groups is 1. The molecule has 102 valence electrons. The molecule has 0 saturated heterocycles. The molecule has 0 aliphatic heterocycles. The predicted octanol–water partition coefficient (Wildman–Crippen LogP) is 4.43. The minimum atomic E-state index is -0.293. The standard InChI is InChI=1S/C14H16Cl2N2O/c15-10-7-8-12(13(16)9-10)14(19)18-17-11-5-3-1-2-4-6-11/h7-9H,1-6H2,(H,18,19). The number of nitrogens with one attached hydrogen (secondary N) is 1. The third-order valence-electron chi connectivity index (χ3n) is 3.17. The summed E-state index contributed by atoms with van der Waals surface area (Å²) in [6.07, 6.45) is 6.72. The molecule has 0 heterocycles. The van der Waals surface area contributed by atoms with Gasteiger partial charge in [-0.2, -0.15) is 5.10 Å². The van der Waals surface area contributed by atoms with Gasteiger partial charge in [-0.15, -0.1) is 0 Å². The first-order chi connectivity index (χ1) is 9.16. The van der Waals surface area contributed by atoms with Crippen molar-refractivity contribution in [1.82, 2.24) is 5.43 Å². The maximum absolute atomic E-state index is 12.0. The van der Waals surface area contributed by atoms with Gasteiger partial charge in [-0.1, -0.05) is 36.0 Å². The van der Waals surface area contributed by atoms with E-state index in [1.54, 1.807) is 18.2 Å². The first-order valence-corrected chi connectivity index (χ1v) is 7.23. The summed E-state index contributed by atoms with van der Waals surface area (Å²) < 4.78 is 0. The van der Waals surface area contributed by atoms with E-state index < -0.39 is 0 Å². The van der Waals surface area contributed by atoms with Gasteiger partial charge in [-0.25, -0.2) is 5.43 Å². The van der Waals surface area contributed by atoms with E-state index in [2.05, 4.69) is 10.5 Å². The highest BCUT2D eigenvalue weighted by Gasteiger charge is 2.11. The summed E-state index contributed by atoms with van der Waals surface area (Å²) in [4.78, 5) is 12.0. The molecule has 0 radical (unpaired) electrons. The van der Waals surface area contributed by atoms with Crippen molar-refractivity contribution >= 4 is 34.8 Å². The minimum Gasteiger partial charge on any atom is -0.267 e. The van der Waals surface area contributed by atoms with Crippen LogP contribution in [0, 0.1) is 0 Å². The molecule has 19 heavy (non-hydrogen) atoms. The Balaban J connectivity index is 2.02. The van der Waals surface area contributed by atoms with Crippen LogP contribution in [-0.2, 0) is 0 Å². The summed E-state index contributed by atoms with van der Waals surface area (Å²) >= 11 is 11.8. The van der Waals surface area contributed by atoms with Gasteiger partial charge < -0.3 is 0 Å². The van der Waals surface area contributed by atoms with E-state index in [-0.39, 0.29) is 5.91 Å². The highest BCUT2D eigenvalue weighted by Crippen LogP contribution is 2.21. The number of nitrogens with zero attached hydrogens (tertiary/aromatic N) is 1. The molecule has 2 rings (SSSR count). The van der Waals surface area contributed by atoms with Crippen molar-refractivity contribution in [2.45, 2.75) is 38.5 Å². The fraction of sp³-hybridized carbons (Fsp3) is 0.429. The third-order valence-corrected chi connectivity index (χ3v) is 3.72. The number of halogens is 2. The van der Waals surface area contributed by atoms with Crippen LogP contribution in [0.15, 0.2) is 23.3 Å². The zero-order valence-electron chi connectivity index (χ0n) is 10.6. The Kier molecular flexibility index (Phi) is 5.23. The van der Waals surface area contributed by atoms with Crippen LogP contribution in [0.4, 0.5) is 0 Å². The van der Waals surface area contributed by atoms with E-state index in [9.17, 15) is 4.79 Å². The van der Waals surface area contributed by atoms with E-state index in [1.165, 1.54) is 12.8 Å². The molecule has 1 amide bonds. The molecular weight excluding hydrogens is 283 g/mol. The number of carbonyl (C=O) groups is 1. The normalized spacial score (nSPS) is 15.8. The summed E-state index contributed by atoms with van der Waals surface area (Å²) in [6, 6.07) is 4.80. The summed E-state index contributed by atoms with van der Waals surface area (Å²) in [7, 11) is 0. The lowest BCUT2D eigenvalue weighted by Gasteiger charge is -2.05. The minimum absolute atomic E-state index is 0.293. The average Bonchev–Trinajstić information content (AvgIpc) is 2.64. The Morgan fingerprint density at radius 2 is 1.79 bits per heavy atom. The van der Waals surface area contributed by atoms with Crippen LogP contribution < -0.4 is 5.43 Å². The van der Waals surface area contributed by atoms with Gasteiger partial charge in [0.1, 0.15) is 0 Å². The number of benzene rings is 1. The van der Waals surface area contributed by atoms with Crippen LogP contribution in [0.5, 0.6) is 0 Å². The Morgan fingerprint density at radius 3 is 2.42 bits per heavy atom. The number of rotatable bonds is 2. The van der Waals surface area contributed by atoms with Gasteiger partial charge in [0.05, 0.1) is 10.6 Å². The molecular formula is C14H16Cl2N2O. The van der Waals surface area contributed by atoms with Crippen LogP contribution in [0.25, 0.3) is 0 Å². The molecule has 1 fully saturated rings. The van der Waals surface area contributed by atoms with Gasteiger partial charge in [0.15, 0.2) is 0 Å². The Labute approximate surface area is 123 Å². The van der Waals surface area contributed by atoms with Gasteiger partial charge in [0.2, 0.25) is 0 Å². The molecule has 0 spiro atoms. The lowest BCUT2D eigenvalue weighted by Crippen LogP contribution is -2.20. The van der Waals surface area contributed by atoms with Crippen molar-refractivity contribution in [1.29, 1.82) is 0 Å². The van der Waals surface area contributed by atoms with Crippen LogP contribution in [0.3, 0.4) is 0 Å². The molecule has 1 saturated carbocycles. The monoisotopic (exact) mass is 298 g/mol. The van der Waals surface area contributed by atoms with E-state index in [0.29, 0.717) is 15.6 Å². The lowest BCUT2D eigenvalue weighted by atomic mass is 10.2. The number of hydrogen-bond donors (Lipinski definition) is 1. The van der Waals surface area contributed by atoms with Crippen LogP contribution >= 0.6 is 23.2 Å². The van der Waals surface area contributed by atoms with E-state index in [4.69, 9.17) is 23.2 Å². The van der Waals surface area contributed by atoms with Gasteiger partial charge >= 0.3 is 0 Å². The van der Waals surface area contributed by atoms with E-state index >= 15 is 0 Å². The van der Waals surface area contributed by atoms with Crippen molar-refractivity contribution in [2.75, 3.05) is 0 Å². The van der Waals surface area contributed by atoms with Crippen molar-refractivity contribution in [3.05, 3.63) is 33.8 Å². The maximum atomic E-state index is 12.0. The van der Waals surface area contributed by atoms with Crippen LogP contribution in [-0.4, -0.2) is 11.6 Å². The predicted molar refractivity (Wildman–Crippen MR) is 79.1 cm³/mol. The Morgan fingerprint density at radius 1 is 1.11 bits per heavy atom. The third kappa shape index (κ3) is 4.22. The average molecular weight is 299 g/mol. The molecule has 0 atom stereocenters. The molecule has 1 aromatic rings. The Hall–Kier alpha value is -1.06. The fourth-order valence-corrected chi connectivity index (χ4v) is 2.61. The molecule has 0 unspecified atom stereocenters. The van der Waals surface area contributed by atoms with Crippen LogP contribution in [0.1, 0.15) is 48.9 Å². The molecule has 1 aromatic carbocycles. The highest BCUT2D eigenvalue weighted by atomic mass is 35.5. The smallest absolute Gasteiger partial charge is 0.267 e. The topological polar surface area (TPSA) is 41.5 Å². The quantitative estimate of drug-likeness (QED) is 0.637. The van der Waals surface area contributed by atoms with Gasteiger partial charge in [0, 0.05) is 10.7 Å². The zero-order chi connectivity index (χ0) is 13.7. The molecule has 5 heteroatoms. The van der Waals surface area contributed by atoms with Crippen molar-refractivity contribution < 1.29 is 4.79 Å². The number of amides is 1. The van der Waals surface area contributed by atoms with Gasteiger partial charge in [-0.05, 0) is 43.9 Å². The first kappa shape index (κ1) is 14.4. The Bertz CT molecular complexity index is 490. The molecule has 1 N–H and O–H groups in total. The molecule has 0 aromatic heterocycles. The van der Waals surface area contributed by atoms with Gasteiger partial charge in [-0.3, -0.25) is 4.79 Å². The second-order valence-corrected chi connectivity index (χ2v) is 5.50. The second kappa shape index (κ2) is 6.92. The fourth-order valence-electron chi connectivity index (χ4n) is 2.11. The lowest BCUT2D eigenvalue weighted by molar-refractivity contribution is 0.0955. The summed E-state index contributed by atoms with van der Waals surface area (Å²) in [6.45, 7) is 0. The maximum Gasteiger partial charge on any atom is 0.272 e. The second-order valence-electron chi connectivity index (χ2n) is 4.66.